The highest BCUT2D eigenvalue weighted by molar-refractivity contribution is 7.09. The average molecular weight is 252 g/mol. The molecule has 0 amide bonds. The summed E-state index contributed by atoms with van der Waals surface area (Å²) in [5, 5.41) is 6.74. The van der Waals surface area contributed by atoms with Gasteiger partial charge in [-0.2, -0.15) is 0 Å². The molecule has 1 aromatic heterocycles. The van der Waals surface area contributed by atoms with E-state index in [4.69, 9.17) is 0 Å². The summed E-state index contributed by atoms with van der Waals surface area (Å²) in [5.41, 5.74) is 1.23. The topological polar surface area (TPSA) is 24.9 Å². The predicted octanol–water partition coefficient (Wildman–Crippen LogP) is 3.72. The minimum Gasteiger partial charge on any atom is -0.317 e. The molecule has 0 fully saturated rings. The van der Waals surface area contributed by atoms with Crippen molar-refractivity contribution in [2.75, 3.05) is 7.05 Å². The Morgan fingerprint density at radius 2 is 2.29 bits per heavy atom. The predicted molar refractivity (Wildman–Crippen MR) is 76.7 cm³/mol. The third-order valence-electron chi connectivity index (χ3n) is 2.99. The zero-order valence-corrected chi connectivity index (χ0v) is 11.9. The fourth-order valence-electron chi connectivity index (χ4n) is 1.96. The first kappa shape index (κ1) is 14.4. The SMILES string of the molecule is C=CCCCCCC(Cc1csc(C)n1)NC. The van der Waals surface area contributed by atoms with Gasteiger partial charge in [0, 0.05) is 17.8 Å². The van der Waals surface area contributed by atoms with Gasteiger partial charge in [0.05, 0.1) is 10.7 Å². The van der Waals surface area contributed by atoms with E-state index in [1.54, 1.807) is 11.3 Å². The largest absolute Gasteiger partial charge is 0.317 e. The van der Waals surface area contributed by atoms with Crippen LogP contribution in [-0.4, -0.2) is 18.1 Å². The van der Waals surface area contributed by atoms with E-state index in [1.165, 1.54) is 36.4 Å². The van der Waals surface area contributed by atoms with Crippen LogP contribution in [0, 0.1) is 6.92 Å². The average Bonchev–Trinajstić information content (AvgIpc) is 2.73. The van der Waals surface area contributed by atoms with Crippen molar-refractivity contribution in [3.63, 3.8) is 0 Å². The fourth-order valence-corrected chi connectivity index (χ4v) is 2.58. The van der Waals surface area contributed by atoms with Crippen molar-refractivity contribution in [1.82, 2.24) is 10.3 Å². The number of nitrogens with one attached hydrogen (secondary N) is 1. The van der Waals surface area contributed by atoms with Gasteiger partial charge in [-0.15, -0.1) is 17.9 Å². The molecular formula is C14H24N2S. The van der Waals surface area contributed by atoms with E-state index in [2.05, 4.69) is 29.2 Å². The highest BCUT2D eigenvalue weighted by Gasteiger charge is 2.08. The van der Waals surface area contributed by atoms with E-state index in [-0.39, 0.29) is 0 Å². The highest BCUT2D eigenvalue weighted by atomic mass is 32.1. The number of rotatable bonds is 9. The Morgan fingerprint density at radius 1 is 1.47 bits per heavy atom. The number of allylic oxidation sites excluding steroid dienone is 1. The second-order valence-corrected chi connectivity index (χ2v) is 5.54. The molecule has 1 N–H and O–H groups in total. The lowest BCUT2D eigenvalue weighted by molar-refractivity contribution is 0.484. The molecule has 1 unspecified atom stereocenters. The van der Waals surface area contributed by atoms with Crippen LogP contribution in [0.4, 0.5) is 0 Å². The Kier molecular flexibility index (Phi) is 7.13. The van der Waals surface area contributed by atoms with Gasteiger partial charge in [0.2, 0.25) is 0 Å². The second-order valence-electron chi connectivity index (χ2n) is 4.47. The minimum atomic E-state index is 0.570. The van der Waals surface area contributed by atoms with E-state index in [9.17, 15) is 0 Å². The van der Waals surface area contributed by atoms with E-state index in [0.29, 0.717) is 6.04 Å². The summed E-state index contributed by atoms with van der Waals surface area (Å²) < 4.78 is 0. The molecule has 0 aliphatic carbocycles. The number of hydrogen-bond acceptors (Lipinski definition) is 3. The van der Waals surface area contributed by atoms with Gasteiger partial charge in [0.15, 0.2) is 0 Å². The molecule has 0 aliphatic rings. The Balaban J connectivity index is 2.21. The van der Waals surface area contributed by atoms with Crippen LogP contribution in [0.2, 0.25) is 0 Å². The van der Waals surface area contributed by atoms with Gasteiger partial charge >= 0.3 is 0 Å². The molecule has 3 heteroatoms. The van der Waals surface area contributed by atoms with Crippen molar-refractivity contribution in [3.05, 3.63) is 28.7 Å². The molecule has 1 aromatic rings. The normalized spacial score (nSPS) is 12.6. The van der Waals surface area contributed by atoms with Gasteiger partial charge < -0.3 is 5.32 Å². The van der Waals surface area contributed by atoms with Gasteiger partial charge in [-0.25, -0.2) is 4.98 Å². The third-order valence-corrected chi connectivity index (χ3v) is 3.81. The van der Waals surface area contributed by atoms with Gasteiger partial charge in [0.1, 0.15) is 0 Å². The van der Waals surface area contributed by atoms with Crippen molar-refractivity contribution < 1.29 is 0 Å². The maximum atomic E-state index is 4.52. The Morgan fingerprint density at radius 3 is 2.88 bits per heavy atom. The van der Waals surface area contributed by atoms with Gasteiger partial charge in [-0.3, -0.25) is 0 Å². The number of hydrogen-bond donors (Lipinski definition) is 1. The molecule has 1 heterocycles. The summed E-state index contributed by atoms with van der Waals surface area (Å²) in [6.07, 6.45) is 9.33. The molecule has 0 aromatic carbocycles. The maximum absolute atomic E-state index is 4.52. The van der Waals surface area contributed by atoms with Crippen molar-refractivity contribution >= 4 is 11.3 Å². The lowest BCUT2D eigenvalue weighted by atomic mass is 10.0. The van der Waals surface area contributed by atoms with Crippen LogP contribution in [0.25, 0.3) is 0 Å². The zero-order chi connectivity index (χ0) is 12.5. The smallest absolute Gasteiger partial charge is 0.0897 e. The number of thiazole rings is 1. The summed E-state index contributed by atoms with van der Waals surface area (Å²) in [6.45, 7) is 5.82. The molecular weight excluding hydrogens is 228 g/mol. The van der Waals surface area contributed by atoms with Gasteiger partial charge in [-0.1, -0.05) is 18.9 Å². The molecule has 0 aliphatic heterocycles. The van der Waals surface area contributed by atoms with Crippen LogP contribution in [0.1, 0.15) is 42.8 Å². The Hall–Kier alpha value is -0.670. The van der Waals surface area contributed by atoms with Crippen molar-refractivity contribution in [3.8, 4) is 0 Å². The molecule has 1 atom stereocenters. The van der Waals surface area contributed by atoms with E-state index < -0.39 is 0 Å². The summed E-state index contributed by atoms with van der Waals surface area (Å²) >= 11 is 1.74. The molecule has 2 nitrogen and oxygen atoms in total. The molecule has 0 spiro atoms. The van der Waals surface area contributed by atoms with Gasteiger partial charge in [-0.05, 0) is 33.2 Å². The van der Waals surface area contributed by atoms with Crippen LogP contribution in [-0.2, 0) is 6.42 Å². The lowest BCUT2D eigenvalue weighted by Gasteiger charge is -2.14. The lowest BCUT2D eigenvalue weighted by Crippen LogP contribution is -2.27. The zero-order valence-electron chi connectivity index (χ0n) is 11.0. The highest BCUT2D eigenvalue weighted by Crippen LogP contribution is 2.13. The second kappa shape index (κ2) is 8.43. The first-order valence-corrected chi connectivity index (χ1v) is 7.33. The van der Waals surface area contributed by atoms with Crippen molar-refractivity contribution in [2.24, 2.45) is 0 Å². The number of likely N-dealkylation sites (N-methyl/N-ethyl adjacent to an activating group) is 1. The summed E-state index contributed by atoms with van der Waals surface area (Å²) in [6, 6.07) is 0.570. The summed E-state index contributed by atoms with van der Waals surface area (Å²) in [5.74, 6) is 0. The molecule has 96 valence electrons. The first-order chi connectivity index (χ1) is 8.26. The van der Waals surface area contributed by atoms with Crippen LogP contribution < -0.4 is 5.32 Å². The van der Waals surface area contributed by atoms with E-state index in [1.807, 2.05) is 13.1 Å². The van der Waals surface area contributed by atoms with Crippen molar-refractivity contribution in [1.29, 1.82) is 0 Å². The maximum Gasteiger partial charge on any atom is 0.0897 e. The summed E-state index contributed by atoms with van der Waals surface area (Å²) in [4.78, 5) is 4.52. The number of aryl methyl sites for hydroxylation is 1. The molecule has 0 saturated heterocycles. The monoisotopic (exact) mass is 252 g/mol. The molecule has 0 radical (unpaired) electrons. The molecule has 17 heavy (non-hydrogen) atoms. The van der Waals surface area contributed by atoms with Crippen molar-refractivity contribution in [2.45, 2.75) is 51.5 Å². The number of unbranched alkanes of at least 4 members (excludes halogenated alkanes) is 3. The van der Waals surface area contributed by atoms with E-state index in [0.717, 1.165) is 12.8 Å². The van der Waals surface area contributed by atoms with Gasteiger partial charge in [0.25, 0.3) is 0 Å². The number of aromatic nitrogens is 1. The summed E-state index contributed by atoms with van der Waals surface area (Å²) in [7, 11) is 2.05. The molecule has 0 bridgehead atoms. The standard InChI is InChI=1S/C14H24N2S/c1-4-5-6-7-8-9-13(15-3)10-14-11-17-12(2)16-14/h4,11,13,15H,1,5-10H2,2-3H3. The Bertz CT molecular complexity index is 320. The van der Waals surface area contributed by atoms with Crippen LogP contribution in [0.3, 0.4) is 0 Å². The molecule has 1 rings (SSSR count). The number of nitrogens with zero attached hydrogens (tertiary/aromatic N) is 1. The third kappa shape index (κ3) is 5.99. The van der Waals surface area contributed by atoms with Crippen LogP contribution in [0.5, 0.6) is 0 Å². The van der Waals surface area contributed by atoms with E-state index >= 15 is 0 Å². The van der Waals surface area contributed by atoms with Crippen LogP contribution >= 0.6 is 11.3 Å². The quantitative estimate of drug-likeness (QED) is 0.535. The first-order valence-electron chi connectivity index (χ1n) is 6.45. The minimum absolute atomic E-state index is 0.570. The fraction of sp³-hybridized carbons (Fsp3) is 0.643. The Labute approximate surface area is 109 Å². The molecule has 0 saturated carbocycles. The van der Waals surface area contributed by atoms with Crippen LogP contribution in [0.15, 0.2) is 18.0 Å².